The predicted molar refractivity (Wildman–Crippen MR) is 164 cm³/mol. The monoisotopic (exact) mass is 680 g/mol. The maximum absolute atomic E-state index is 12.9. The molecule has 2 aromatic carbocycles. The highest BCUT2D eigenvalue weighted by Gasteiger charge is 2.20. The van der Waals surface area contributed by atoms with E-state index in [0.29, 0.717) is 39.2 Å². The van der Waals surface area contributed by atoms with Crippen molar-refractivity contribution < 1.29 is 23.8 Å². The highest BCUT2D eigenvalue weighted by Crippen LogP contribution is 2.35. The smallest absolute Gasteiger partial charge is 0.246 e. The van der Waals surface area contributed by atoms with Gasteiger partial charge in [-0.2, -0.15) is 0 Å². The van der Waals surface area contributed by atoms with E-state index in [4.69, 9.17) is 37.4 Å². The first kappa shape index (κ1) is 30.5. The number of amides is 2. The number of likely N-dealkylation sites (N-methyl/N-ethyl adjacent to an activating group) is 1. The molecule has 2 aromatic heterocycles. The van der Waals surface area contributed by atoms with E-state index in [1.807, 2.05) is 23.6 Å². The Morgan fingerprint density at radius 3 is 2.78 bits per heavy atom. The molecule has 214 valence electrons. The number of imidazole rings is 1. The quantitative estimate of drug-likeness (QED) is 0.222. The topological polar surface area (TPSA) is 94.4 Å². The number of nitrogens with zero attached hydrogens (tertiary/aromatic N) is 3. The number of aromatic nitrogens is 2. The molecule has 0 saturated heterocycles. The first-order chi connectivity index (χ1) is 19.2. The van der Waals surface area contributed by atoms with Crippen molar-refractivity contribution in [2.45, 2.75) is 13.5 Å². The number of carbonyl (C=O) groups excluding carboxylic acids is 2. The van der Waals surface area contributed by atoms with Gasteiger partial charge < -0.3 is 24.4 Å². The molecule has 5 rings (SSSR count). The Kier molecular flexibility index (Phi) is 9.70. The lowest BCUT2D eigenvalue weighted by Gasteiger charge is -2.21. The average molecular weight is 683 g/mol. The Morgan fingerprint density at radius 1 is 1.20 bits per heavy atom. The Labute approximate surface area is 260 Å². The van der Waals surface area contributed by atoms with Gasteiger partial charge in [0.1, 0.15) is 11.2 Å². The van der Waals surface area contributed by atoms with Crippen molar-refractivity contribution in [1.82, 2.24) is 14.7 Å². The largest absolute Gasteiger partial charge is 0.485 e. The molecule has 1 N–H and O–H groups in total. The van der Waals surface area contributed by atoms with Crippen LogP contribution in [0.3, 0.4) is 0 Å². The van der Waals surface area contributed by atoms with Crippen LogP contribution in [0.4, 0.5) is 5.69 Å². The standard InChI is InChI=1S/C28H23BrCl2N4O5.ClH/c1-16-27(29)35-11-3-4-22(28(35)33-16)38-14-18-19(30)7-8-20(26(18)31)34(2)25(37)13-32-24(36)10-6-17-5-9-21-23(12-17)40-15-39-21;/h3-12H,13-15H2,1-2H3,(H,32,36);1H. The van der Waals surface area contributed by atoms with E-state index < -0.39 is 5.91 Å². The van der Waals surface area contributed by atoms with Crippen molar-refractivity contribution in [2.75, 3.05) is 25.3 Å². The van der Waals surface area contributed by atoms with Crippen LogP contribution in [0.25, 0.3) is 11.7 Å². The molecule has 0 aliphatic carbocycles. The van der Waals surface area contributed by atoms with Gasteiger partial charge in [0.2, 0.25) is 18.6 Å². The van der Waals surface area contributed by atoms with Gasteiger partial charge in [-0.15, -0.1) is 12.4 Å². The van der Waals surface area contributed by atoms with Crippen LogP contribution >= 0.6 is 51.5 Å². The third-order valence-electron chi connectivity index (χ3n) is 6.23. The second-order valence-electron chi connectivity index (χ2n) is 8.82. The van der Waals surface area contributed by atoms with Crippen molar-refractivity contribution in [1.29, 1.82) is 0 Å². The lowest BCUT2D eigenvalue weighted by molar-refractivity contribution is -0.122. The zero-order valence-electron chi connectivity index (χ0n) is 21.8. The molecule has 0 spiro atoms. The van der Waals surface area contributed by atoms with Gasteiger partial charge in [-0.3, -0.25) is 14.0 Å². The molecule has 0 radical (unpaired) electrons. The van der Waals surface area contributed by atoms with Crippen LogP contribution in [0.1, 0.15) is 16.8 Å². The molecule has 13 heteroatoms. The molecule has 1 aliphatic rings. The predicted octanol–water partition coefficient (Wildman–Crippen LogP) is 6.23. The van der Waals surface area contributed by atoms with Gasteiger partial charge in [0.05, 0.1) is 22.9 Å². The Balaban J connectivity index is 0.00000387. The molecule has 9 nitrogen and oxygen atoms in total. The summed E-state index contributed by atoms with van der Waals surface area (Å²) in [4.78, 5) is 31.1. The highest BCUT2D eigenvalue weighted by molar-refractivity contribution is 9.10. The molecular weight excluding hydrogens is 659 g/mol. The first-order valence-corrected chi connectivity index (χ1v) is 13.6. The van der Waals surface area contributed by atoms with E-state index in [1.165, 1.54) is 11.0 Å². The first-order valence-electron chi connectivity index (χ1n) is 12.1. The van der Waals surface area contributed by atoms with E-state index >= 15 is 0 Å². The van der Waals surface area contributed by atoms with E-state index in [2.05, 4.69) is 26.2 Å². The Morgan fingerprint density at radius 2 is 1.98 bits per heavy atom. The second-order valence-corrected chi connectivity index (χ2v) is 10.4. The van der Waals surface area contributed by atoms with Gasteiger partial charge in [0, 0.05) is 29.9 Å². The molecule has 0 bridgehead atoms. The number of halogens is 4. The Bertz CT molecular complexity index is 1660. The highest BCUT2D eigenvalue weighted by atomic mass is 79.9. The molecule has 1 aliphatic heterocycles. The van der Waals surface area contributed by atoms with Crippen LogP contribution in [-0.2, 0) is 16.2 Å². The fourth-order valence-electron chi connectivity index (χ4n) is 4.03. The zero-order chi connectivity index (χ0) is 28.4. The van der Waals surface area contributed by atoms with Crippen molar-refractivity contribution in [2.24, 2.45) is 0 Å². The second kappa shape index (κ2) is 13.0. The molecule has 41 heavy (non-hydrogen) atoms. The van der Waals surface area contributed by atoms with Crippen LogP contribution in [0.15, 0.2) is 59.3 Å². The maximum Gasteiger partial charge on any atom is 0.246 e. The molecule has 2 amide bonds. The van der Waals surface area contributed by atoms with Gasteiger partial charge in [-0.25, -0.2) is 4.98 Å². The summed E-state index contributed by atoms with van der Waals surface area (Å²) in [6.45, 7) is 1.88. The van der Waals surface area contributed by atoms with Crippen LogP contribution < -0.4 is 24.4 Å². The van der Waals surface area contributed by atoms with Gasteiger partial charge in [-0.05, 0) is 70.9 Å². The molecular formula is C28H24BrCl3N4O5. The summed E-state index contributed by atoms with van der Waals surface area (Å²) in [5.74, 6) is 1.03. The number of ether oxygens (including phenoxy) is 3. The third-order valence-corrected chi connectivity index (χ3v) is 7.96. The fraction of sp³-hybridized carbons (Fsp3) is 0.179. The molecule has 0 saturated carbocycles. The SMILES string of the molecule is Cc1nc2c(OCc3c(Cl)ccc(N(C)C(=O)CNC(=O)C=Cc4ccc5c(c4)OCO5)c3Cl)cccn2c1Br.Cl. The van der Waals surface area contributed by atoms with E-state index in [1.54, 1.807) is 49.5 Å². The lowest BCUT2D eigenvalue weighted by atomic mass is 10.2. The van der Waals surface area contributed by atoms with Gasteiger partial charge in [0.15, 0.2) is 22.9 Å². The summed E-state index contributed by atoms with van der Waals surface area (Å²) in [6.07, 6.45) is 4.84. The van der Waals surface area contributed by atoms with Crippen LogP contribution in [0.5, 0.6) is 17.2 Å². The number of fused-ring (bicyclic) bond motifs is 2. The van der Waals surface area contributed by atoms with E-state index in [0.717, 1.165) is 15.9 Å². The van der Waals surface area contributed by atoms with Crippen molar-refractivity contribution >= 4 is 80.8 Å². The Hall–Kier alpha value is -3.44. The fourth-order valence-corrected chi connectivity index (χ4v) is 5.01. The van der Waals surface area contributed by atoms with Gasteiger partial charge in [0.25, 0.3) is 0 Å². The number of hydrogen-bond acceptors (Lipinski definition) is 6. The minimum Gasteiger partial charge on any atom is -0.485 e. The number of pyridine rings is 1. The van der Waals surface area contributed by atoms with Crippen molar-refractivity contribution in [3.8, 4) is 17.2 Å². The number of carbonyl (C=O) groups is 2. The van der Waals surface area contributed by atoms with Gasteiger partial charge >= 0.3 is 0 Å². The maximum atomic E-state index is 12.9. The summed E-state index contributed by atoms with van der Waals surface area (Å²) in [7, 11) is 1.57. The summed E-state index contributed by atoms with van der Waals surface area (Å²) < 4.78 is 19.4. The molecule has 0 unspecified atom stereocenters. The number of hydrogen-bond donors (Lipinski definition) is 1. The third kappa shape index (κ3) is 6.56. The van der Waals surface area contributed by atoms with Crippen molar-refractivity contribution in [3.05, 3.63) is 86.2 Å². The normalized spacial score (nSPS) is 11.9. The van der Waals surface area contributed by atoms with Crippen LogP contribution in [-0.4, -0.2) is 41.6 Å². The number of aryl methyl sites for hydroxylation is 1. The lowest BCUT2D eigenvalue weighted by Crippen LogP contribution is -2.37. The van der Waals surface area contributed by atoms with E-state index in [-0.39, 0.29) is 43.3 Å². The minimum atomic E-state index is -0.425. The number of benzene rings is 2. The van der Waals surface area contributed by atoms with Crippen molar-refractivity contribution in [3.63, 3.8) is 0 Å². The molecule has 0 atom stereocenters. The molecule has 0 fully saturated rings. The zero-order valence-corrected chi connectivity index (χ0v) is 25.7. The van der Waals surface area contributed by atoms with E-state index in [9.17, 15) is 9.59 Å². The molecule has 4 aromatic rings. The number of anilines is 1. The van der Waals surface area contributed by atoms with Crippen LogP contribution in [0.2, 0.25) is 10.0 Å². The summed E-state index contributed by atoms with van der Waals surface area (Å²) >= 11 is 16.6. The van der Waals surface area contributed by atoms with Gasteiger partial charge in [-0.1, -0.05) is 29.3 Å². The summed E-state index contributed by atoms with van der Waals surface area (Å²) in [6, 6.07) is 12.3. The van der Waals surface area contributed by atoms with Crippen LogP contribution in [0, 0.1) is 6.92 Å². The number of nitrogens with one attached hydrogen (secondary N) is 1. The number of rotatable bonds is 8. The summed E-state index contributed by atoms with van der Waals surface area (Å²) in [5.41, 5.74) is 3.17. The summed E-state index contributed by atoms with van der Waals surface area (Å²) in [5, 5.41) is 3.25. The molecule has 3 heterocycles. The minimum absolute atomic E-state index is 0. The average Bonchev–Trinajstić information content (AvgIpc) is 3.54.